The molecule has 1 unspecified atom stereocenters. The van der Waals surface area contributed by atoms with Crippen LogP contribution >= 0.6 is 6.49 Å². The second-order valence-electron chi connectivity index (χ2n) is 8.04. The fourth-order valence-electron chi connectivity index (χ4n) is 3.64. The van der Waals surface area contributed by atoms with Gasteiger partial charge in [-0.25, -0.2) is 0 Å². The summed E-state index contributed by atoms with van der Waals surface area (Å²) in [6, 6.07) is 4.03. The van der Waals surface area contributed by atoms with Crippen molar-refractivity contribution >= 4 is 29.7 Å². The Bertz CT molecular complexity index is 849. The van der Waals surface area contributed by atoms with Crippen molar-refractivity contribution in [3.63, 3.8) is 0 Å². The summed E-state index contributed by atoms with van der Waals surface area (Å²) < 4.78 is 47.8. The highest BCUT2D eigenvalue weighted by Gasteiger charge is 2.40. The summed E-state index contributed by atoms with van der Waals surface area (Å²) in [5, 5.41) is 0. The summed E-state index contributed by atoms with van der Waals surface area (Å²) in [7, 11) is 0. The SMILES string of the molecule is Cc1cc(C)c(C2=C(COP(C)(=S)OCC(F)(F)F)C(C)(C)CC2=O)c(C)c1. The van der Waals surface area contributed by atoms with Crippen molar-refractivity contribution in [2.45, 2.75) is 47.2 Å². The van der Waals surface area contributed by atoms with Crippen LogP contribution in [0.1, 0.15) is 42.5 Å². The molecule has 0 bridgehead atoms. The average Bonchev–Trinajstić information content (AvgIpc) is 2.71. The second kappa shape index (κ2) is 8.02. The van der Waals surface area contributed by atoms with Crippen LogP contribution in [0.4, 0.5) is 13.2 Å². The lowest BCUT2D eigenvalue weighted by molar-refractivity contribution is -0.153. The minimum absolute atomic E-state index is 0.0132. The summed E-state index contributed by atoms with van der Waals surface area (Å²) >= 11 is 5.13. The number of hydrogen-bond donors (Lipinski definition) is 0. The minimum atomic E-state index is -4.47. The topological polar surface area (TPSA) is 35.5 Å². The summed E-state index contributed by atoms with van der Waals surface area (Å²) in [6.07, 6.45) is -4.14. The molecule has 0 saturated carbocycles. The first kappa shape index (κ1) is 23.3. The van der Waals surface area contributed by atoms with Gasteiger partial charge in [0.15, 0.2) is 12.3 Å². The average molecular weight is 434 g/mol. The van der Waals surface area contributed by atoms with Gasteiger partial charge < -0.3 is 9.05 Å². The van der Waals surface area contributed by atoms with E-state index in [2.05, 4.69) is 0 Å². The number of alkyl halides is 3. The third-order valence-electron chi connectivity index (χ3n) is 4.83. The van der Waals surface area contributed by atoms with Gasteiger partial charge in [-0.1, -0.05) is 31.5 Å². The van der Waals surface area contributed by atoms with E-state index in [4.69, 9.17) is 20.9 Å². The van der Waals surface area contributed by atoms with Crippen LogP contribution in [0.5, 0.6) is 0 Å². The first-order valence-corrected chi connectivity index (χ1v) is 12.0. The maximum absolute atomic E-state index is 12.9. The van der Waals surface area contributed by atoms with Crippen molar-refractivity contribution in [3.05, 3.63) is 40.0 Å². The molecule has 1 aliphatic rings. The van der Waals surface area contributed by atoms with Gasteiger partial charge in [-0.05, 0) is 60.3 Å². The number of carbonyl (C=O) groups is 1. The molecular formula is C20H26F3O3PS. The molecule has 28 heavy (non-hydrogen) atoms. The Hall–Kier alpha value is -1.01. The molecule has 0 N–H and O–H groups in total. The summed E-state index contributed by atoms with van der Waals surface area (Å²) in [6.45, 7) is 6.59. The van der Waals surface area contributed by atoms with Crippen molar-refractivity contribution in [1.29, 1.82) is 0 Å². The van der Waals surface area contributed by atoms with E-state index >= 15 is 0 Å². The zero-order valence-electron chi connectivity index (χ0n) is 17.0. The van der Waals surface area contributed by atoms with Gasteiger partial charge >= 0.3 is 6.18 Å². The molecule has 1 aliphatic carbocycles. The molecule has 0 amide bonds. The van der Waals surface area contributed by atoms with E-state index in [1.807, 2.05) is 46.8 Å². The normalized spacial score (nSPS) is 19.2. The lowest BCUT2D eigenvalue weighted by Crippen LogP contribution is -2.18. The van der Waals surface area contributed by atoms with Gasteiger partial charge in [0.1, 0.15) is 6.61 Å². The first-order valence-electron chi connectivity index (χ1n) is 8.91. The number of rotatable bonds is 6. The van der Waals surface area contributed by atoms with Crippen molar-refractivity contribution in [1.82, 2.24) is 0 Å². The maximum Gasteiger partial charge on any atom is 0.412 e. The van der Waals surface area contributed by atoms with Crippen LogP contribution in [0.3, 0.4) is 0 Å². The van der Waals surface area contributed by atoms with Crippen molar-refractivity contribution in [2.75, 3.05) is 19.9 Å². The van der Waals surface area contributed by atoms with Gasteiger partial charge in [-0.3, -0.25) is 4.79 Å². The van der Waals surface area contributed by atoms with E-state index in [1.54, 1.807) is 0 Å². The van der Waals surface area contributed by atoms with Crippen LogP contribution in [0.25, 0.3) is 5.57 Å². The predicted octanol–water partition coefficient (Wildman–Crippen LogP) is 5.90. The fraction of sp³-hybridized carbons (Fsp3) is 0.550. The molecule has 1 aromatic carbocycles. The van der Waals surface area contributed by atoms with E-state index in [9.17, 15) is 18.0 Å². The number of ketones is 1. The first-order chi connectivity index (χ1) is 12.6. The molecule has 0 fully saturated rings. The Morgan fingerprint density at radius 1 is 1.14 bits per heavy atom. The molecule has 0 radical (unpaired) electrons. The number of halogens is 3. The third-order valence-corrected chi connectivity index (χ3v) is 6.66. The Morgan fingerprint density at radius 2 is 1.68 bits per heavy atom. The van der Waals surface area contributed by atoms with Crippen molar-refractivity contribution in [3.8, 4) is 0 Å². The summed E-state index contributed by atoms with van der Waals surface area (Å²) in [5.41, 5.74) is 4.85. The van der Waals surface area contributed by atoms with Crippen LogP contribution in [-0.4, -0.2) is 31.8 Å². The molecule has 2 rings (SSSR count). The van der Waals surface area contributed by atoms with Crippen LogP contribution in [0, 0.1) is 26.2 Å². The Kier molecular flexibility index (Phi) is 6.66. The number of benzene rings is 1. The number of carbonyl (C=O) groups excluding carboxylic acids is 1. The molecule has 0 aliphatic heterocycles. The van der Waals surface area contributed by atoms with E-state index in [0.29, 0.717) is 12.0 Å². The number of hydrogen-bond acceptors (Lipinski definition) is 4. The lowest BCUT2D eigenvalue weighted by Gasteiger charge is -2.26. The second-order valence-corrected chi connectivity index (χ2v) is 12.1. The molecule has 156 valence electrons. The zero-order chi connectivity index (χ0) is 21.5. The van der Waals surface area contributed by atoms with Crippen LogP contribution in [0.2, 0.25) is 0 Å². The van der Waals surface area contributed by atoms with E-state index in [1.165, 1.54) is 6.66 Å². The summed E-state index contributed by atoms with van der Waals surface area (Å²) in [5.74, 6) is 0.0132. The van der Waals surface area contributed by atoms with Gasteiger partial charge in [0.05, 0.1) is 6.61 Å². The molecule has 0 saturated heterocycles. The maximum atomic E-state index is 12.9. The molecule has 0 heterocycles. The molecule has 1 aromatic rings. The van der Waals surface area contributed by atoms with Crippen molar-refractivity contribution < 1.29 is 27.0 Å². The largest absolute Gasteiger partial charge is 0.412 e. The van der Waals surface area contributed by atoms with Gasteiger partial charge in [0, 0.05) is 18.7 Å². The molecule has 3 nitrogen and oxygen atoms in total. The van der Waals surface area contributed by atoms with Crippen LogP contribution in [-0.2, 0) is 25.6 Å². The van der Waals surface area contributed by atoms with Gasteiger partial charge in [-0.2, -0.15) is 13.2 Å². The minimum Gasteiger partial charge on any atom is -0.325 e. The molecule has 8 heteroatoms. The number of aryl methyl sites for hydroxylation is 3. The monoisotopic (exact) mass is 434 g/mol. The highest BCUT2D eigenvalue weighted by Crippen LogP contribution is 2.50. The Labute approximate surface area is 169 Å². The highest BCUT2D eigenvalue weighted by molar-refractivity contribution is 8.09. The molecule has 0 spiro atoms. The Morgan fingerprint density at radius 3 is 2.18 bits per heavy atom. The lowest BCUT2D eigenvalue weighted by atomic mass is 9.84. The number of allylic oxidation sites excluding steroid dienone is 1. The highest BCUT2D eigenvalue weighted by atomic mass is 32.5. The Balaban J connectivity index is 2.40. The summed E-state index contributed by atoms with van der Waals surface area (Å²) in [4.78, 5) is 12.9. The van der Waals surface area contributed by atoms with E-state index < -0.39 is 24.7 Å². The molecule has 0 aromatic heterocycles. The van der Waals surface area contributed by atoms with Gasteiger partial charge in [-0.15, -0.1) is 0 Å². The van der Waals surface area contributed by atoms with Gasteiger partial charge in [0.2, 0.25) is 0 Å². The quantitative estimate of drug-likeness (QED) is 0.523. The molecule has 1 atom stereocenters. The van der Waals surface area contributed by atoms with E-state index in [0.717, 1.165) is 27.8 Å². The van der Waals surface area contributed by atoms with Gasteiger partial charge in [0.25, 0.3) is 0 Å². The standard InChI is InChI=1S/C20H26F3O3PS/c1-12-7-13(2)17(14(3)8-12)18-15(19(4,5)9-16(18)24)10-25-27(6,28)26-11-20(21,22)23/h7-8H,9-11H2,1-6H3. The molecular weight excluding hydrogens is 408 g/mol. The van der Waals surface area contributed by atoms with Crippen LogP contribution in [0.15, 0.2) is 17.7 Å². The predicted molar refractivity (Wildman–Crippen MR) is 109 cm³/mol. The van der Waals surface area contributed by atoms with E-state index in [-0.39, 0.29) is 12.4 Å². The van der Waals surface area contributed by atoms with Crippen molar-refractivity contribution in [2.24, 2.45) is 5.41 Å². The zero-order valence-corrected chi connectivity index (χ0v) is 18.7. The fourth-order valence-corrected chi connectivity index (χ4v) is 4.78. The smallest absolute Gasteiger partial charge is 0.325 e. The van der Waals surface area contributed by atoms with Crippen LogP contribution < -0.4 is 0 Å². The third kappa shape index (κ3) is 5.53. The number of Topliss-reactive ketones (excluding diaryl/α,β-unsaturated/α-hetero) is 1.